The van der Waals surface area contributed by atoms with Crippen molar-refractivity contribution in [2.24, 2.45) is 0 Å². The molecule has 0 bridgehead atoms. The van der Waals surface area contributed by atoms with Crippen molar-refractivity contribution in [1.82, 2.24) is 4.98 Å². The molecule has 1 fully saturated rings. The molecule has 7 rings (SSSR count). The first-order chi connectivity index (χ1) is 18.0. The molecule has 1 atom stereocenters. The van der Waals surface area contributed by atoms with Gasteiger partial charge in [-0.25, -0.2) is 4.98 Å². The third kappa shape index (κ3) is 3.18. The molecule has 2 spiro atoms. The highest BCUT2D eigenvalue weighted by atomic mass is 16.5. The minimum atomic E-state index is -0.654. The minimum Gasteiger partial charge on any atom is -0.381 e. The lowest BCUT2D eigenvalue weighted by molar-refractivity contribution is -0.128. The summed E-state index contributed by atoms with van der Waals surface area (Å²) in [4.78, 5) is 45.7. The Hall–Kier alpha value is -4.04. The lowest BCUT2D eigenvalue weighted by Crippen LogP contribution is -2.46. The Labute approximate surface area is 214 Å². The molecule has 2 N–H and O–H groups in total. The number of ether oxygens (including phenoxy) is 1. The fraction of sp³-hybridized carbons (Fsp3) is 0.310. The maximum Gasteiger partial charge on any atom is 0.244 e. The molecule has 1 aromatic heterocycles. The van der Waals surface area contributed by atoms with Crippen LogP contribution in [0.15, 0.2) is 60.8 Å². The maximum absolute atomic E-state index is 13.6. The van der Waals surface area contributed by atoms with Gasteiger partial charge < -0.3 is 20.3 Å². The molecule has 1 saturated heterocycles. The van der Waals surface area contributed by atoms with Crippen LogP contribution in [0.4, 0.5) is 17.2 Å². The number of carbonyl (C=O) groups excluding carboxylic acids is 3. The number of fused-ring (bicyclic) bond motifs is 5. The lowest BCUT2D eigenvalue weighted by Gasteiger charge is -2.32. The molecule has 8 nitrogen and oxygen atoms in total. The smallest absolute Gasteiger partial charge is 0.244 e. The largest absolute Gasteiger partial charge is 0.381 e. The Morgan fingerprint density at radius 3 is 2.62 bits per heavy atom. The molecule has 8 heteroatoms. The number of nitrogens with zero attached hydrogens (tertiary/aromatic N) is 2. The second-order valence-electron chi connectivity index (χ2n) is 10.4. The van der Waals surface area contributed by atoms with Crippen LogP contribution in [0, 0.1) is 0 Å². The van der Waals surface area contributed by atoms with Crippen LogP contribution in [0.25, 0.3) is 0 Å². The summed E-state index contributed by atoms with van der Waals surface area (Å²) in [6.07, 6.45) is 4.09. The molecule has 4 aliphatic rings. The van der Waals surface area contributed by atoms with Crippen molar-refractivity contribution in [2.45, 2.75) is 36.5 Å². The number of rotatable bonds is 3. The number of benzene rings is 2. The van der Waals surface area contributed by atoms with E-state index in [2.05, 4.69) is 15.6 Å². The number of para-hydroxylation sites is 1. The number of nitrogens with one attached hydrogen (secondary N) is 2. The van der Waals surface area contributed by atoms with Crippen LogP contribution in [-0.4, -0.2) is 42.5 Å². The number of anilines is 3. The standard InChI is InChI=1S/C29H26N4O4/c34-24(17-33-23-6-2-1-4-21(23)28(27(33)36)9-12-37-13-10-28)31-20-8-7-18-15-29(16-19(18)14-20)22-5-3-11-30-25(22)32-26(29)35/h1-8,11,14H,9-10,12-13,15-17H2,(H,31,34)(H,30,32,35). The summed E-state index contributed by atoms with van der Waals surface area (Å²) in [6.45, 7) is 1.02. The molecule has 3 aromatic rings. The average molecular weight is 495 g/mol. The van der Waals surface area contributed by atoms with Gasteiger partial charge in [-0.3, -0.25) is 14.4 Å². The molecule has 186 valence electrons. The van der Waals surface area contributed by atoms with Crippen LogP contribution in [0.2, 0.25) is 0 Å². The van der Waals surface area contributed by atoms with Crippen molar-refractivity contribution in [1.29, 1.82) is 0 Å². The van der Waals surface area contributed by atoms with E-state index in [0.717, 1.165) is 27.9 Å². The van der Waals surface area contributed by atoms with Gasteiger partial charge in [-0.05, 0) is 66.6 Å². The third-order valence-corrected chi connectivity index (χ3v) is 8.48. The number of aromatic nitrogens is 1. The van der Waals surface area contributed by atoms with Gasteiger partial charge in [0, 0.05) is 36.3 Å². The van der Waals surface area contributed by atoms with Gasteiger partial charge in [0.1, 0.15) is 12.4 Å². The van der Waals surface area contributed by atoms with E-state index in [1.807, 2.05) is 54.6 Å². The van der Waals surface area contributed by atoms with Crippen LogP contribution < -0.4 is 15.5 Å². The number of carbonyl (C=O) groups is 3. The Bertz CT molecular complexity index is 1480. The molecule has 3 amide bonds. The summed E-state index contributed by atoms with van der Waals surface area (Å²) >= 11 is 0. The summed E-state index contributed by atoms with van der Waals surface area (Å²) in [5.74, 6) is 0.318. The highest BCUT2D eigenvalue weighted by molar-refractivity contribution is 6.12. The summed E-state index contributed by atoms with van der Waals surface area (Å²) in [5, 5.41) is 5.90. The minimum absolute atomic E-state index is 0.0254. The second kappa shape index (κ2) is 7.98. The van der Waals surface area contributed by atoms with Crippen LogP contribution in [0.5, 0.6) is 0 Å². The average Bonchev–Trinajstić information content (AvgIpc) is 3.50. The van der Waals surface area contributed by atoms with E-state index >= 15 is 0 Å². The summed E-state index contributed by atoms with van der Waals surface area (Å²) in [5.41, 5.74) is 4.25. The highest BCUT2D eigenvalue weighted by Gasteiger charge is 2.52. The lowest BCUT2D eigenvalue weighted by atomic mass is 9.75. The molecule has 3 aliphatic heterocycles. The summed E-state index contributed by atoms with van der Waals surface area (Å²) in [6, 6.07) is 17.4. The number of hydrogen-bond donors (Lipinski definition) is 2. The van der Waals surface area contributed by atoms with Crippen LogP contribution >= 0.6 is 0 Å². The topological polar surface area (TPSA) is 101 Å². The van der Waals surface area contributed by atoms with E-state index < -0.39 is 10.8 Å². The van der Waals surface area contributed by atoms with Gasteiger partial charge in [0.25, 0.3) is 0 Å². The molecule has 0 saturated carbocycles. The predicted octanol–water partition coefficient (Wildman–Crippen LogP) is 3.10. The molecule has 2 aromatic carbocycles. The van der Waals surface area contributed by atoms with Gasteiger partial charge in [0.15, 0.2) is 0 Å². The quantitative estimate of drug-likeness (QED) is 0.583. The van der Waals surface area contributed by atoms with Gasteiger partial charge >= 0.3 is 0 Å². The molecule has 4 heterocycles. The number of pyridine rings is 1. The molecular weight excluding hydrogens is 468 g/mol. The summed E-state index contributed by atoms with van der Waals surface area (Å²) in [7, 11) is 0. The van der Waals surface area contributed by atoms with Crippen LogP contribution in [0.3, 0.4) is 0 Å². The van der Waals surface area contributed by atoms with E-state index in [1.165, 1.54) is 0 Å². The van der Waals surface area contributed by atoms with Crippen molar-refractivity contribution in [3.8, 4) is 0 Å². The second-order valence-corrected chi connectivity index (χ2v) is 10.4. The fourth-order valence-electron chi connectivity index (χ4n) is 6.65. The first-order valence-electron chi connectivity index (χ1n) is 12.7. The Kier molecular flexibility index (Phi) is 4.78. The Morgan fingerprint density at radius 1 is 0.973 bits per heavy atom. The van der Waals surface area contributed by atoms with Gasteiger partial charge in [0.2, 0.25) is 17.7 Å². The third-order valence-electron chi connectivity index (χ3n) is 8.48. The van der Waals surface area contributed by atoms with E-state index in [0.29, 0.717) is 50.4 Å². The van der Waals surface area contributed by atoms with E-state index in [-0.39, 0.29) is 24.3 Å². The predicted molar refractivity (Wildman–Crippen MR) is 138 cm³/mol. The SMILES string of the molecule is O=C(CN1C(=O)C2(CCOCC2)c2ccccc21)Nc1ccc2c(c1)CC1(C2)C(=O)Nc2ncccc21. The van der Waals surface area contributed by atoms with Crippen molar-refractivity contribution in [3.63, 3.8) is 0 Å². The number of hydrogen-bond acceptors (Lipinski definition) is 5. The normalized spacial score (nSPS) is 22.6. The molecule has 1 aliphatic carbocycles. The zero-order valence-corrected chi connectivity index (χ0v) is 20.3. The van der Waals surface area contributed by atoms with E-state index in [9.17, 15) is 14.4 Å². The molecule has 37 heavy (non-hydrogen) atoms. The summed E-state index contributed by atoms with van der Waals surface area (Å²) < 4.78 is 5.53. The molecule has 0 radical (unpaired) electrons. The number of amides is 3. The van der Waals surface area contributed by atoms with E-state index in [4.69, 9.17) is 4.74 Å². The zero-order chi connectivity index (χ0) is 25.2. The van der Waals surface area contributed by atoms with Gasteiger partial charge in [-0.2, -0.15) is 0 Å². The van der Waals surface area contributed by atoms with Gasteiger partial charge in [-0.1, -0.05) is 30.3 Å². The van der Waals surface area contributed by atoms with Crippen molar-refractivity contribution < 1.29 is 19.1 Å². The zero-order valence-electron chi connectivity index (χ0n) is 20.3. The van der Waals surface area contributed by atoms with Gasteiger partial charge in [-0.15, -0.1) is 0 Å². The molecular formula is C29H26N4O4. The molecule has 1 unspecified atom stereocenters. The van der Waals surface area contributed by atoms with Crippen molar-refractivity contribution >= 4 is 34.9 Å². The monoisotopic (exact) mass is 494 g/mol. The Balaban J connectivity index is 1.11. The van der Waals surface area contributed by atoms with Crippen molar-refractivity contribution in [2.75, 3.05) is 35.3 Å². The van der Waals surface area contributed by atoms with Crippen LogP contribution in [-0.2, 0) is 42.8 Å². The van der Waals surface area contributed by atoms with Gasteiger partial charge in [0.05, 0.1) is 10.8 Å². The Morgan fingerprint density at radius 2 is 1.76 bits per heavy atom. The maximum atomic E-state index is 13.6. The van der Waals surface area contributed by atoms with E-state index in [1.54, 1.807) is 11.1 Å². The van der Waals surface area contributed by atoms with Crippen LogP contribution in [0.1, 0.15) is 35.1 Å². The van der Waals surface area contributed by atoms with Crippen molar-refractivity contribution in [3.05, 3.63) is 83.0 Å². The first-order valence-corrected chi connectivity index (χ1v) is 12.7. The first kappa shape index (κ1) is 22.2. The highest BCUT2D eigenvalue weighted by Crippen LogP contribution is 2.48. The fourth-order valence-corrected chi connectivity index (χ4v) is 6.65.